The predicted molar refractivity (Wildman–Crippen MR) is 92.3 cm³/mol. The Balaban J connectivity index is 1.93. The number of nitrogens with zero attached hydrogens (tertiary/aromatic N) is 1. The average molecular weight is 364 g/mol. The number of anilines is 1. The van der Waals surface area contributed by atoms with E-state index in [1.807, 2.05) is 0 Å². The van der Waals surface area contributed by atoms with Crippen LogP contribution in [0.1, 0.15) is 30.3 Å². The van der Waals surface area contributed by atoms with Crippen LogP contribution >= 0.6 is 0 Å². The van der Waals surface area contributed by atoms with Crippen molar-refractivity contribution in [2.45, 2.75) is 24.7 Å². The number of carbonyl (C=O) groups is 1. The summed E-state index contributed by atoms with van der Waals surface area (Å²) in [5.74, 6) is -0.0121. The lowest BCUT2D eigenvalue weighted by atomic mass is 10.3. The SMILES string of the molecule is CCOc1ccc(NC(=O)c2ccco2)cc1S(=O)(=O)N1CCCC1. The van der Waals surface area contributed by atoms with Crippen molar-refractivity contribution >= 4 is 21.6 Å². The van der Waals surface area contributed by atoms with E-state index in [4.69, 9.17) is 9.15 Å². The number of ether oxygens (including phenoxy) is 1. The van der Waals surface area contributed by atoms with Gasteiger partial charge in [0.1, 0.15) is 10.6 Å². The summed E-state index contributed by atoms with van der Waals surface area (Å²) >= 11 is 0. The lowest BCUT2D eigenvalue weighted by molar-refractivity contribution is 0.0996. The molecule has 0 atom stereocenters. The summed E-state index contributed by atoms with van der Waals surface area (Å²) in [6.45, 7) is 3.13. The maximum absolute atomic E-state index is 12.9. The zero-order chi connectivity index (χ0) is 17.9. The van der Waals surface area contributed by atoms with Gasteiger partial charge in [-0.25, -0.2) is 8.42 Å². The maximum atomic E-state index is 12.9. The van der Waals surface area contributed by atoms with Gasteiger partial charge >= 0.3 is 0 Å². The molecule has 1 aromatic carbocycles. The van der Waals surface area contributed by atoms with Crippen LogP contribution in [0.25, 0.3) is 0 Å². The summed E-state index contributed by atoms with van der Waals surface area (Å²) in [5, 5.41) is 2.65. The molecule has 0 saturated carbocycles. The topological polar surface area (TPSA) is 88.8 Å². The lowest BCUT2D eigenvalue weighted by Gasteiger charge is -2.19. The molecule has 25 heavy (non-hydrogen) atoms. The minimum Gasteiger partial charge on any atom is -0.492 e. The quantitative estimate of drug-likeness (QED) is 0.851. The van der Waals surface area contributed by atoms with Crippen LogP contribution in [-0.2, 0) is 10.0 Å². The van der Waals surface area contributed by atoms with Gasteiger partial charge in [0, 0.05) is 18.8 Å². The molecule has 0 aliphatic carbocycles. The molecule has 2 heterocycles. The highest BCUT2D eigenvalue weighted by Crippen LogP contribution is 2.31. The number of hydrogen-bond donors (Lipinski definition) is 1. The third kappa shape index (κ3) is 3.69. The predicted octanol–water partition coefficient (Wildman–Crippen LogP) is 2.72. The Hall–Kier alpha value is -2.32. The first-order valence-electron chi connectivity index (χ1n) is 8.14. The van der Waals surface area contributed by atoms with Crippen LogP contribution in [0, 0.1) is 0 Å². The Bertz CT molecular complexity index is 840. The molecule has 1 N–H and O–H groups in total. The van der Waals surface area contributed by atoms with Gasteiger partial charge in [0.15, 0.2) is 5.76 Å². The van der Waals surface area contributed by atoms with E-state index >= 15 is 0 Å². The number of furan rings is 1. The zero-order valence-electron chi connectivity index (χ0n) is 13.9. The standard InChI is InChI=1S/C17H20N2O5S/c1-2-23-14-8-7-13(18-17(20)15-6-5-11-24-15)12-16(14)25(21,22)19-9-3-4-10-19/h5-8,11-12H,2-4,9-10H2,1H3,(H,18,20). The fourth-order valence-electron chi connectivity index (χ4n) is 2.73. The van der Waals surface area contributed by atoms with Gasteiger partial charge in [-0.3, -0.25) is 4.79 Å². The van der Waals surface area contributed by atoms with E-state index in [-0.39, 0.29) is 16.4 Å². The number of nitrogens with one attached hydrogen (secondary N) is 1. The fourth-order valence-corrected chi connectivity index (χ4v) is 4.40. The van der Waals surface area contributed by atoms with Crippen LogP contribution in [0.4, 0.5) is 5.69 Å². The van der Waals surface area contributed by atoms with Gasteiger partial charge in [0.25, 0.3) is 5.91 Å². The summed E-state index contributed by atoms with van der Waals surface area (Å²) in [6.07, 6.45) is 3.09. The maximum Gasteiger partial charge on any atom is 0.291 e. The van der Waals surface area contributed by atoms with Crippen molar-refractivity contribution in [3.05, 3.63) is 42.4 Å². The molecule has 1 fully saturated rings. The Morgan fingerprint density at radius 3 is 2.68 bits per heavy atom. The van der Waals surface area contributed by atoms with Gasteiger partial charge in [-0.1, -0.05) is 0 Å². The Kier molecular flexibility index (Phi) is 5.10. The molecule has 7 nitrogen and oxygen atoms in total. The summed E-state index contributed by atoms with van der Waals surface area (Å²) < 4.78 is 37.8. The second-order valence-electron chi connectivity index (χ2n) is 5.64. The van der Waals surface area contributed by atoms with Crippen LogP contribution in [0.15, 0.2) is 45.9 Å². The summed E-state index contributed by atoms with van der Waals surface area (Å²) in [7, 11) is -3.67. The van der Waals surface area contributed by atoms with Crippen molar-refractivity contribution < 1.29 is 22.4 Å². The second-order valence-corrected chi connectivity index (χ2v) is 7.54. The number of hydrogen-bond acceptors (Lipinski definition) is 5. The third-order valence-corrected chi connectivity index (χ3v) is 5.85. The first-order chi connectivity index (χ1) is 12.0. The molecule has 1 aliphatic rings. The normalized spacial score (nSPS) is 15.2. The first-order valence-corrected chi connectivity index (χ1v) is 9.58. The van der Waals surface area contributed by atoms with E-state index in [9.17, 15) is 13.2 Å². The molecule has 1 saturated heterocycles. The van der Waals surface area contributed by atoms with Crippen LogP contribution in [0.5, 0.6) is 5.75 Å². The van der Waals surface area contributed by atoms with Crippen LogP contribution in [-0.4, -0.2) is 38.3 Å². The van der Waals surface area contributed by atoms with E-state index in [0.717, 1.165) is 12.8 Å². The van der Waals surface area contributed by atoms with E-state index in [1.165, 1.54) is 22.7 Å². The van der Waals surface area contributed by atoms with E-state index in [0.29, 0.717) is 25.4 Å². The van der Waals surface area contributed by atoms with E-state index in [2.05, 4.69) is 5.32 Å². The van der Waals surface area contributed by atoms with Gasteiger partial charge in [-0.05, 0) is 50.1 Å². The van der Waals surface area contributed by atoms with Crippen molar-refractivity contribution in [1.29, 1.82) is 0 Å². The first kappa shape index (κ1) is 17.5. The van der Waals surface area contributed by atoms with Gasteiger partial charge in [0.05, 0.1) is 12.9 Å². The minimum absolute atomic E-state index is 0.0634. The van der Waals surface area contributed by atoms with Gasteiger partial charge in [0.2, 0.25) is 10.0 Å². The van der Waals surface area contributed by atoms with Gasteiger partial charge in [-0.15, -0.1) is 0 Å². The average Bonchev–Trinajstić information content (AvgIpc) is 3.30. The van der Waals surface area contributed by atoms with Crippen molar-refractivity contribution in [2.24, 2.45) is 0 Å². The Morgan fingerprint density at radius 2 is 2.04 bits per heavy atom. The molecule has 2 aromatic rings. The highest BCUT2D eigenvalue weighted by atomic mass is 32.2. The third-order valence-electron chi connectivity index (χ3n) is 3.93. The number of benzene rings is 1. The molecule has 0 spiro atoms. The van der Waals surface area contributed by atoms with Gasteiger partial charge < -0.3 is 14.5 Å². The Labute approximate surface area is 146 Å². The Morgan fingerprint density at radius 1 is 1.28 bits per heavy atom. The monoisotopic (exact) mass is 364 g/mol. The van der Waals surface area contributed by atoms with Gasteiger partial charge in [-0.2, -0.15) is 4.31 Å². The summed E-state index contributed by atoms with van der Waals surface area (Å²) in [4.78, 5) is 12.2. The van der Waals surface area contributed by atoms with Crippen LogP contribution in [0.2, 0.25) is 0 Å². The molecule has 0 radical (unpaired) electrons. The molecular formula is C17H20N2O5S. The van der Waals surface area contributed by atoms with Crippen molar-refractivity contribution in [1.82, 2.24) is 4.31 Å². The number of sulfonamides is 1. The van der Waals surface area contributed by atoms with Crippen LogP contribution < -0.4 is 10.1 Å². The smallest absolute Gasteiger partial charge is 0.291 e. The fraction of sp³-hybridized carbons (Fsp3) is 0.353. The summed E-state index contributed by atoms with van der Waals surface area (Å²) in [6, 6.07) is 7.74. The lowest BCUT2D eigenvalue weighted by Crippen LogP contribution is -2.28. The molecule has 0 bridgehead atoms. The molecule has 1 amide bonds. The largest absolute Gasteiger partial charge is 0.492 e. The zero-order valence-corrected chi connectivity index (χ0v) is 14.7. The molecular weight excluding hydrogens is 344 g/mol. The molecule has 8 heteroatoms. The minimum atomic E-state index is -3.67. The molecule has 0 unspecified atom stereocenters. The molecule has 134 valence electrons. The second kappa shape index (κ2) is 7.28. The van der Waals surface area contributed by atoms with Crippen LogP contribution in [0.3, 0.4) is 0 Å². The highest BCUT2D eigenvalue weighted by Gasteiger charge is 2.30. The van der Waals surface area contributed by atoms with Crippen molar-refractivity contribution in [3.8, 4) is 5.75 Å². The molecule has 1 aliphatic heterocycles. The highest BCUT2D eigenvalue weighted by molar-refractivity contribution is 7.89. The number of rotatable bonds is 6. The number of amides is 1. The summed E-state index contributed by atoms with van der Waals surface area (Å²) in [5.41, 5.74) is 0.364. The molecule has 1 aromatic heterocycles. The van der Waals surface area contributed by atoms with E-state index < -0.39 is 15.9 Å². The number of carbonyl (C=O) groups excluding carboxylic acids is 1. The van der Waals surface area contributed by atoms with E-state index in [1.54, 1.807) is 25.1 Å². The van der Waals surface area contributed by atoms with Crippen molar-refractivity contribution in [2.75, 3.05) is 25.0 Å². The molecule has 3 rings (SSSR count). The van der Waals surface area contributed by atoms with Crippen molar-refractivity contribution in [3.63, 3.8) is 0 Å².